The Bertz CT molecular complexity index is 1480. The second-order valence-corrected chi connectivity index (χ2v) is 5.26. The fraction of sp³-hybridized carbons (Fsp3) is 0.312. The molecule has 3 aromatic heterocycles. The lowest BCUT2D eigenvalue weighted by molar-refractivity contribution is 0.399. The van der Waals surface area contributed by atoms with Crippen LogP contribution in [0.4, 0.5) is 0 Å². The summed E-state index contributed by atoms with van der Waals surface area (Å²) in [5.74, 6) is -2.22. The Morgan fingerprint density at radius 3 is 3.04 bits per heavy atom. The van der Waals surface area contributed by atoms with Crippen molar-refractivity contribution >= 4 is 22.3 Å². The molecule has 3 aromatic rings. The molecular formula is C16H18N4O3S. The molecule has 3 heterocycles. The van der Waals surface area contributed by atoms with Crippen LogP contribution in [0.15, 0.2) is 23.4 Å². The second kappa shape index (κ2) is 6.66. The molecule has 24 heavy (non-hydrogen) atoms. The lowest BCUT2D eigenvalue weighted by Gasteiger charge is -2.13. The van der Waals surface area contributed by atoms with Gasteiger partial charge in [0, 0.05) is 42.7 Å². The number of imidazole rings is 1. The van der Waals surface area contributed by atoms with Crippen LogP contribution >= 0.6 is 0 Å². The Hall–Kier alpha value is -2.32. The molecule has 8 heteroatoms. The van der Waals surface area contributed by atoms with E-state index in [0.29, 0.717) is 0 Å². The highest BCUT2D eigenvalue weighted by atomic mass is 32.2. The van der Waals surface area contributed by atoms with Crippen LogP contribution in [0.1, 0.15) is 40.1 Å². The molecule has 1 atom stereocenters. The third kappa shape index (κ3) is 3.02. The van der Waals surface area contributed by atoms with Crippen molar-refractivity contribution in [1.29, 1.82) is 0 Å². The van der Waals surface area contributed by atoms with Crippen molar-refractivity contribution in [3.8, 4) is 11.6 Å². The molecule has 0 spiro atoms. The summed E-state index contributed by atoms with van der Waals surface area (Å²) in [5, 5.41) is -0.820. The summed E-state index contributed by atoms with van der Waals surface area (Å²) >= 11 is -3.13. The topological polar surface area (TPSA) is 96.0 Å². The standard InChI is InChI=1S/C16H18N4O3S/c1-9-7-17-12(10(2)14(9)23-4)8-24(21)16-18-11-5-6-13(22-3)19-15(11)20-16/h5-7H,8H2,1-4H3,(H,18,19,20)/i1D3,2D3,3D3,4D3,5D,6D,7D,8D2. The Morgan fingerprint density at radius 1 is 1.33 bits per heavy atom. The molecular weight excluding hydrogens is 328 g/mol. The van der Waals surface area contributed by atoms with Gasteiger partial charge in [-0.3, -0.25) is 9.97 Å². The molecule has 0 aliphatic carbocycles. The first-order valence-electron chi connectivity index (χ1n) is 14.5. The summed E-state index contributed by atoms with van der Waals surface area (Å²) in [7, 11) is -6.53. The van der Waals surface area contributed by atoms with Gasteiger partial charge in [0.1, 0.15) is 5.75 Å². The number of hydrogen-bond acceptors (Lipinski definition) is 6. The van der Waals surface area contributed by atoms with E-state index in [2.05, 4.69) is 29.4 Å². The highest BCUT2D eigenvalue weighted by molar-refractivity contribution is 7.90. The van der Waals surface area contributed by atoms with Gasteiger partial charge in [-0.1, -0.05) is 0 Å². The Kier molecular flexibility index (Phi) is 1.55. The number of nitrogens with zero attached hydrogens (tertiary/aromatic N) is 3. The van der Waals surface area contributed by atoms with Gasteiger partial charge in [-0.05, 0) is 19.7 Å². The van der Waals surface area contributed by atoms with Crippen molar-refractivity contribution in [2.75, 3.05) is 14.1 Å². The Morgan fingerprint density at radius 2 is 2.25 bits per heavy atom. The molecule has 126 valence electrons. The van der Waals surface area contributed by atoms with Crippen molar-refractivity contribution in [2.45, 2.75) is 24.6 Å². The smallest absolute Gasteiger partial charge is 0.323 e. The van der Waals surface area contributed by atoms with E-state index in [4.69, 9.17) is 23.3 Å². The zero-order valence-corrected chi connectivity index (χ0v) is 12.3. The summed E-state index contributed by atoms with van der Waals surface area (Å²) < 4.78 is 154. The number of hydrogen-bond donors (Lipinski definition) is 1. The minimum atomic E-state index is -3.51. The molecule has 3 rings (SSSR count). The zero-order valence-electron chi connectivity index (χ0n) is 28.5. The number of methoxy groups -OCH3 is 2. The van der Waals surface area contributed by atoms with Gasteiger partial charge in [0.25, 0.3) is 0 Å². The quantitative estimate of drug-likeness (QED) is 0.699. The number of pyridine rings is 2. The fourth-order valence-electron chi connectivity index (χ4n) is 1.65. The Balaban J connectivity index is 2.30. The lowest BCUT2D eigenvalue weighted by atomic mass is 10.1. The van der Waals surface area contributed by atoms with Crippen LogP contribution < -0.4 is 9.47 Å². The first-order chi connectivity index (χ1) is 18.3. The molecule has 0 saturated heterocycles. The molecule has 0 saturated carbocycles. The predicted octanol–water partition coefficient (Wildman–Crippen LogP) is 2.29. The van der Waals surface area contributed by atoms with Crippen LogP contribution in [0.2, 0.25) is 0 Å². The van der Waals surface area contributed by atoms with Gasteiger partial charge in [-0.25, -0.2) is 0 Å². The third-order valence-electron chi connectivity index (χ3n) is 2.70. The molecule has 0 aliphatic heterocycles. The first-order valence-corrected chi connectivity index (χ1v) is 7.13. The van der Waals surface area contributed by atoms with Gasteiger partial charge in [0.05, 0.1) is 40.4 Å². The minimum absolute atomic E-state index is 0.401. The summed E-state index contributed by atoms with van der Waals surface area (Å²) in [5.41, 5.74) is -8.30. The van der Waals surface area contributed by atoms with E-state index < -0.39 is 108 Å². The van der Waals surface area contributed by atoms with E-state index in [1.165, 1.54) is 0 Å². The maximum atomic E-state index is 13.5. The number of fused-ring (bicyclic) bond motifs is 1. The van der Waals surface area contributed by atoms with Crippen molar-refractivity contribution < 1.29 is 37.3 Å². The molecule has 1 unspecified atom stereocenters. The average Bonchev–Trinajstić information content (AvgIpc) is 3.16. The first kappa shape index (κ1) is 5.60. The maximum absolute atomic E-state index is 13.5. The zero-order chi connectivity index (χ0) is 31.7. The monoisotopic (exact) mass is 363 g/mol. The molecule has 0 aliphatic rings. The van der Waals surface area contributed by atoms with Crippen LogP contribution in [0, 0.1) is 13.7 Å². The molecule has 0 amide bonds. The number of aromatic amines is 1. The Labute approximate surface area is 166 Å². The highest BCUT2D eigenvalue weighted by Crippen LogP contribution is 2.26. The number of ether oxygens (including phenoxy) is 2. The molecule has 0 fully saturated rings. The SMILES string of the molecule is [2H]c1nc(C([2H])([2H])[S+]([O-])c2nc3nc(OC([2H])([2H])[2H])c([2H])c([2H])c3[nH]2)c(C([2H])([2H])[2H])c(OC([2H])([2H])[2H])c1C([2H])([2H])[2H]. The van der Waals surface area contributed by atoms with E-state index >= 15 is 0 Å². The number of aromatic nitrogens is 4. The summed E-state index contributed by atoms with van der Waals surface area (Å²) in [6, 6.07) is -1.54. The van der Waals surface area contributed by atoms with Gasteiger partial charge >= 0.3 is 5.16 Å². The largest absolute Gasteiger partial charge is 0.609 e. The van der Waals surface area contributed by atoms with Crippen molar-refractivity contribution in [1.82, 2.24) is 19.9 Å². The van der Waals surface area contributed by atoms with Gasteiger partial charge in [0.15, 0.2) is 11.4 Å². The van der Waals surface area contributed by atoms with Gasteiger partial charge in [-0.2, -0.15) is 9.97 Å². The average molecular weight is 364 g/mol. The van der Waals surface area contributed by atoms with E-state index in [-0.39, 0.29) is 0 Å². The van der Waals surface area contributed by atoms with Crippen LogP contribution in [0.5, 0.6) is 11.6 Å². The van der Waals surface area contributed by atoms with Crippen LogP contribution in [-0.2, 0) is 16.9 Å². The second-order valence-electron chi connectivity index (χ2n) is 4.13. The van der Waals surface area contributed by atoms with E-state index in [9.17, 15) is 4.55 Å². The van der Waals surface area contributed by atoms with Gasteiger partial charge < -0.3 is 14.0 Å². The van der Waals surface area contributed by atoms with Crippen molar-refractivity contribution in [3.63, 3.8) is 0 Å². The number of rotatable bonds is 5. The predicted molar refractivity (Wildman–Crippen MR) is 90.8 cm³/mol. The normalized spacial score (nSPS) is 25.5. The van der Waals surface area contributed by atoms with E-state index in [1.807, 2.05) is 0 Å². The summed E-state index contributed by atoms with van der Waals surface area (Å²) in [4.78, 5) is 13.2. The summed E-state index contributed by atoms with van der Waals surface area (Å²) in [6.07, 6.45) is -1.28. The third-order valence-corrected chi connectivity index (χ3v) is 3.62. The molecule has 0 radical (unpaired) electrons. The maximum Gasteiger partial charge on any atom is 0.323 e. The van der Waals surface area contributed by atoms with Gasteiger partial charge in [0.2, 0.25) is 5.88 Å². The van der Waals surface area contributed by atoms with E-state index in [1.54, 1.807) is 0 Å². The lowest BCUT2D eigenvalue weighted by Crippen LogP contribution is -2.10. The minimum Gasteiger partial charge on any atom is -0.609 e. The fourth-order valence-corrected chi connectivity index (χ4v) is 2.43. The van der Waals surface area contributed by atoms with E-state index in [0.717, 1.165) is 0 Å². The van der Waals surface area contributed by atoms with Gasteiger partial charge in [-0.15, -0.1) is 0 Å². The van der Waals surface area contributed by atoms with Crippen LogP contribution in [0.3, 0.4) is 0 Å². The van der Waals surface area contributed by atoms with Crippen LogP contribution in [0.25, 0.3) is 11.2 Å². The van der Waals surface area contributed by atoms with Crippen molar-refractivity contribution in [3.05, 3.63) is 35.1 Å². The highest BCUT2D eigenvalue weighted by Gasteiger charge is 2.21. The summed E-state index contributed by atoms with van der Waals surface area (Å²) in [6.45, 7) is -6.86. The molecule has 1 N–H and O–H groups in total. The molecule has 0 aromatic carbocycles. The molecule has 7 nitrogen and oxygen atoms in total. The number of H-pyrrole nitrogens is 1. The molecule has 0 bridgehead atoms. The van der Waals surface area contributed by atoms with Crippen LogP contribution in [-0.4, -0.2) is 38.6 Å². The van der Waals surface area contributed by atoms with Crippen molar-refractivity contribution in [2.24, 2.45) is 0 Å². The number of nitrogens with one attached hydrogen (secondary N) is 1.